The van der Waals surface area contributed by atoms with E-state index in [2.05, 4.69) is 5.32 Å². The van der Waals surface area contributed by atoms with Crippen LogP contribution >= 0.6 is 23.2 Å². The number of rotatable bonds is 5. The highest BCUT2D eigenvalue weighted by molar-refractivity contribution is 6.35. The summed E-state index contributed by atoms with van der Waals surface area (Å²) in [5.74, 6) is -0.409. The number of carbonyl (C=O) groups excluding carboxylic acids is 2. The molecule has 0 aromatic heterocycles. The van der Waals surface area contributed by atoms with Crippen molar-refractivity contribution in [2.24, 2.45) is 0 Å². The van der Waals surface area contributed by atoms with E-state index < -0.39 is 0 Å². The van der Waals surface area contributed by atoms with Crippen LogP contribution in [0.4, 0.5) is 5.69 Å². The van der Waals surface area contributed by atoms with Gasteiger partial charge in [-0.15, -0.1) is 0 Å². The molecule has 126 valence electrons. The zero-order valence-electron chi connectivity index (χ0n) is 13.5. The summed E-state index contributed by atoms with van der Waals surface area (Å²) in [6.07, 6.45) is 0. The van der Waals surface area contributed by atoms with E-state index in [1.807, 2.05) is 13.8 Å². The van der Waals surface area contributed by atoms with Gasteiger partial charge in [-0.05, 0) is 50.2 Å². The molecule has 1 N–H and O–H groups in total. The minimum atomic E-state index is -0.341. The third-order valence-corrected chi connectivity index (χ3v) is 3.98. The summed E-state index contributed by atoms with van der Waals surface area (Å²) < 4.78 is 0. The van der Waals surface area contributed by atoms with Gasteiger partial charge in [-0.2, -0.15) is 0 Å². The van der Waals surface area contributed by atoms with Crippen molar-refractivity contribution < 1.29 is 9.59 Å². The van der Waals surface area contributed by atoms with Crippen molar-refractivity contribution in [3.05, 3.63) is 63.6 Å². The molecule has 0 bridgehead atoms. The minimum absolute atomic E-state index is 0.0677. The van der Waals surface area contributed by atoms with E-state index in [1.165, 1.54) is 12.1 Å². The van der Waals surface area contributed by atoms with Crippen molar-refractivity contribution in [2.45, 2.75) is 13.8 Å². The molecule has 0 aliphatic carbocycles. The second kappa shape index (κ2) is 8.18. The lowest BCUT2D eigenvalue weighted by atomic mass is 10.1. The van der Waals surface area contributed by atoms with Gasteiger partial charge in [-0.25, -0.2) is 0 Å². The van der Waals surface area contributed by atoms with Crippen LogP contribution in [0, 0.1) is 0 Å². The molecule has 0 heterocycles. The van der Waals surface area contributed by atoms with Crippen LogP contribution in [-0.2, 0) is 0 Å². The number of nitrogens with zero attached hydrogens (tertiary/aromatic N) is 1. The Bertz CT molecular complexity index is 738. The first kappa shape index (κ1) is 18.3. The molecule has 2 rings (SSSR count). The van der Waals surface area contributed by atoms with Gasteiger partial charge in [0.1, 0.15) is 0 Å². The van der Waals surface area contributed by atoms with Gasteiger partial charge in [0, 0.05) is 39.9 Å². The smallest absolute Gasteiger partial charge is 0.255 e. The SMILES string of the molecule is CCN(CC)C(=O)c1cccc(NC(=O)c2cc(Cl)cc(Cl)c2)c1. The van der Waals surface area contributed by atoms with E-state index in [0.717, 1.165) is 0 Å². The van der Waals surface area contributed by atoms with Crippen LogP contribution in [0.5, 0.6) is 0 Å². The Kier molecular flexibility index (Phi) is 6.23. The highest BCUT2D eigenvalue weighted by Crippen LogP contribution is 2.20. The van der Waals surface area contributed by atoms with Crippen LogP contribution in [0.2, 0.25) is 10.0 Å². The molecule has 0 fully saturated rings. The van der Waals surface area contributed by atoms with Gasteiger partial charge in [0.05, 0.1) is 0 Å². The fraction of sp³-hybridized carbons (Fsp3) is 0.222. The molecule has 0 aliphatic heterocycles. The molecule has 4 nitrogen and oxygen atoms in total. The average Bonchev–Trinajstić information content (AvgIpc) is 2.55. The third-order valence-electron chi connectivity index (χ3n) is 3.54. The van der Waals surface area contributed by atoms with Gasteiger partial charge in [0.15, 0.2) is 0 Å². The monoisotopic (exact) mass is 364 g/mol. The predicted octanol–water partition coefficient (Wildman–Crippen LogP) is 4.73. The van der Waals surface area contributed by atoms with Gasteiger partial charge >= 0.3 is 0 Å². The molecule has 2 aromatic carbocycles. The summed E-state index contributed by atoms with van der Waals surface area (Å²) in [4.78, 5) is 26.4. The van der Waals surface area contributed by atoms with E-state index in [4.69, 9.17) is 23.2 Å². The minimum Gasteiger partial charge on any atom is -0.339 e. The van der Waals surface area contributed by atoms with Gasteiger partial charge < -0.3 is 10.2 Å². The second-order valence-electron chi connectivity index (χ2n) is 5.17. The lowest BCUT2D eigenvalue weighted by Gasteiger charge is -2.19. The molecule has 0 atom stereocenters. The number of amides is 2. The van der Waals surface area contributed by atoms with E-state index >= 15 is 0 Å². The van der Waals surface area contributed by atoms with Crippen molar-refractivity contribution in [2.75, 3.05) is 18.4 Å². The Morgan fingerprint density at radius 2 is 1.58 bits per heavy atom. The summed E-state index contributed by atoms with van der Waals surface area (Å²) in [6.45, 7) is 5.12. The van der Waals surface area contributed by atoms with Crippen LogP contribution in [0.15, 0.2) is 42.5 Å². The van der Waals surface area contributed by atoms with Gasteiger partial charge in [-0.3, -0.25) is 9.59 Å². The van der Waals surface area contributed by atoms with E-state index in [0.29, 0.717) is 39.9 Å². The molecule has 2 aromatic rings. The van der Waals surface area contributed by atoms with Gasteiger partial charge in [0.25, 0.3) is 11.8 Å². The number of benzene rings is 2. The first-order valence-corrected chi connectivity index (χ1v) is 8.37. The Morgan fingerprint density at radius 3 is 2.17 bits per heavy atom. The number of hydrogen-bond acceptors (Lipinski definition) is 2. The Balaban J connectivity index is 2.20. The molecule has 0 spiro atoms. The normalized spacial score (nSPS) is 10.3. The van der Waals surface area contributed by atoms with Crippen molar-refractivity contribution >= 4 is 40.7 Å². The summed E-state index contributed by atoms with van der Waals surface area (Å²) in [6, 6.07) is 11.5. The van der Waals surface area contributed by atoms with Crippen molar-refractivity contribution in [3.63, 3.8) is 0 Å². The first-order chi connectivity index (χ1) is 11.4. The molecule has 0 saturated heterocycles. The highest BCUT2D eigenvalue weighted by Gasteiger charge is 2.14. The van der Waals surface area contributed by atoms with Crippen molar-refractivity contribution in [3.8, 4) is 0 Å². The Hall–Kier alpha value is -2.04. The van der Waals surface area contributed by atoms with Crippen LogP contribution in [0.25, 0.3) is 0 Å². The fourth-order valence-corrected chi connectivity index (χ4v) is 2.84. The molecule has 24 heavy (non-hydrogen) atoms. The largest absolute Gasteiger partial charge is 0.339 e. The fourth-order valence-electron chi connectivity index (χ4n) is 2.31. The average molecular weight is 365 g/mol. The maximum atomic E-state index is 12.4. The summed E-state index contributed by atoms with van der Waals surface area (Å²) in [5.41, 5.74) is 1.42. The second-order valence-corrected chi connectivity index (χ2v) is 6.04. The number of hydrogen-bond donors (Lipinski definition) is 1. The summed E-state index contributed by atoms with van der Waals surface area (Å²) in [5, 5.41) is 3.53. The highest BCUT2D eigenvalue weighted by atomic mass is 35.5. The first-order valence-electron chi connectivity index (χ1n) is 7.61. The predicted molar refractivity (Wildman–Crippen MR) is 98.1 cm³/mol. The van der Waals surface area contributed by atoms with Crippen LogP contribution < -0.4 is 5.32 Å². The Morgan fingerprint density at radius 1 is 0.958 bits per heavy atom. The molecule has 0 unspecified atom stereocenters. The zero-order chi connectivity index (χ0) is 17.7. The summed E-state index contributed by atoms with van der Waals surface area (Å²) >= 11 is 11.8. The Labute approximate surface area is 151 Å². The number of carbonyl (C=O) groups is 2. The zero-order valence-corrected chi connectivity index (χ0v) is 15.0. The van der Waals surface area contributed by atoms with Gasteiger partial charge in [0.2, 0.25) is 0 Å². The van der Waals surface area contributed by atoms with Crippen LogP contribution in [-0.4, -0.2) is 29.8 Å². The molecule has 0 aliphatic rings. The molecular formula is C18H18Cl2N2O2. The number of nitrogens with one attached hydrogen (secondary N) is 1. The topological polar surface area (TPSA) is 49.4 Å². The third kappa shape index (κ3) is 4.49. The quantitative estimate of drug-likeness (QED) is 0.833. The maximum Gasteiger partial charge on any atom is 0.255 e. The van der Waals surface area contributed by atoms with Gasteiger partial charge in [-0.1, -0.05) is 29.3 Å². The molecule has 0 saturated carbocycles. The van der Waals surface area contributed by atoms with E-state index in [9.17, 15) is 9.59 Å². The molecule has 0 radical (unpaired) electrons. The number of anilines is 1. The lowest BCUT2D eigenvalue weighted by Crippen LogP contribution is -2.30. The number of halogens is 2. The van der Waals surface area contributed by atoms with Crippen LogP contribution in [0.1, 0.15) is 34.6 Å². The molecule has 6 heteroatoms. The summed E-state index contributed by atoms with van der Waals surface area (Å²) in [7, 11) is 0. The molecule has 2 amide bonds. The standard InChI is InChI=1S/C18H18Cl2N2O2/c1-3-22(4-2)18(24)12-6-5-7-16(10-12)21-17(23)13-8-14(19)11-15(20)9-13/h5-11H,3-4H2,1-2H3,(H,21,23). The lowest BCUT2D eigenvalue weighted by molar-refractivity contribution is 0.0772. The van der Waals surface area contributed by atoms with Crippen LogP contribution in [0.3, 0.4) is 0 Å². The van der Waals surface area contributed by atoms with Crippen molar-refractivity contribution in [1.29, 1.82) is 0 Å². The van der Waals surface area contributed by atoms with E-state index in [-0.39, 0.29) is 11.8 Å². The molecular weight excluding hydrogens is 347 g/mol. The van der Waals surface area contributed by atoms with Crippen molar-refractivity contribution in [1.82, 2.24) is 4.90 Å². The van der Waals surface area contributed by atoms with E-state index in [1.54, 1.807) is 35.2 Å². The maximum absolute atomic E-state index is 12.4.